The maximum absolute atomic E-state index is 11.0. The molecule has 0 spiro atoms. The van der Waals surface area contributed by atoms with Crippen LogP contribution in [0.3, 0.4) is 0 Å². The fourth-order valence-electron chi connectivity index (χ4n) is 0.823. The maximum atomic E-state index is 11.0. The van der Waals surface area contributed by atoms with Gasteiger partial charge in [0.1, 0.15) is 0 Å². The van der Waals surface area contributed by atoms with Gasteiger partial charge in [0.25, 0.3) is 0 Å². The molecule has 0 aliphatic heterocycles. The lowest BCUT2D eigenvalue weighted by Crippen LogP contribution is -2.13. The van der Waals surface area contributed by atoms with Crippen molar-refractivity contribution < 1.29 is 9.72 Å². The summed E-state index contributed by atoms with van der Waals surface area (Å²) in [6, 6.07) is 0. The van der Waals surface area contributed by atoms with Crippen LogP contribution in [-0.4, -0.2) is 22.3 Å². The van der Waals surface area contributed by atoms with E-state index < -0.39 is 0 Å². The molecular formula is C7H13NO3S. The SMILES string of the molecule is CCSC(=O)CC(C)C[N+](=O)[O-]. The number of carbonyl (C=O) groups is 1. The highest BCUT2D eigenvalue weighted by molar-refractivity contribution is 8.13. The van der Waals surface area contributed by atoms with Crippen LogP contribution in [0.2, 0.25) is 0 Å². The highest BCUT2D eigenvalue weighted by Crippen LogP contribution is 2.11. The predicted molar refractivity (Wildman–Crippen MR) is 48.8 cm³/mol. The van der Waals surface area contributed by atoms with Crippen LogP contribution in [-0.2, 0) is 4.79 Å². The van der Waals surface area contributed by atoms with Crippen molar-refractivity contribution in [1.29, 1.82) is 0 Å². The van der Waals surface area contributed by atoms with Crippen LogP contribution in [0.25, 0.3) is 0 Å². The molecule has 0 saturated carbocycles. The van der Waals surface area contributed by atoms with E-state index in [0.717, 1.165) is 5.75 Å². The first-order valence-corrected chi connectivity index (χ1v) is 4.82. The summed E-state index contributed by atoms with van der Waals surface area (Å²) in [6.45, 7) is 3.49. The summed E-state index contributed by atoms with van der Waals surface area (Å²) in [5.74, 6) is 0.593. The van der Waals surface area contributed by atoms with Crippen LogP contribution in [0.4, 0.5) is 0 Å². The smallest absolute Gasteiger partial charge is 0.206 e. The van der Waals surface area contributed by atoms with E-state index in [1.165, 1.54) is 11.8 Å². The normalized spacial score (nSPS) is 12.5. The first kappa shape index (κ1) is 11.4. The first-order valence-electron chi connectivity index (χ1n) is 3.83. The Balaban J connectivity index is 3.61. The third kappa shape index (κ3) is 6.15. The summed E-state index contributed by atoms with van der Waals surface area (Å²) in [6.07, 6.45) is 0.305. The standard InChI is InChI=1S/C7H13NO3S/c1-3-12-7(9)4-6(2)5-8(10)11/h6H,3-5H2,1-2H3. The van der Waals surface area contributed by atoms with Gasteiger partial charge in [-0.3, -0.25) is 14.9 Å². The third-order valence-corrected chi connectivity index (χ3v) is 2.06. The van der Waals surface area contributed by atoms with Gasteiger partial charge in [0.15, 0.2) is 5.12 Å². The molecule has 4 nitrogen and oxygen atoms in total. The maximum Gasteiger partial charge on any atom is 0.206 e. The van der Waals surface area contributed by atoms with E-state index in [2.05, 4.69) is 0 Å². The molecule has 0 saturated heterocycles. The zero-order chi connectivity index (χ0) is 9.56. The Bertz CT molecular complexity index is 172. The van der Waals surface area contributed by atoms with Crippen LogP contribution in [0, 0.1) is 16.0 Å². The number of hydrogen-bond donors (Lipinski definition) is 0. The number of hydrogen-bond acceptors (Lipinski definition) is 4. The summed E-state index contributed by atoms with van der Waals surface area (Å²) < 4.78 is 0. The van der Waals surface area contributed by atoms with Crippen molar-refractivity contribution in [3.8, 4) is 0 Å². The van der Waals surface area contributed by atoms with Crippen LogP contribution < -0.4 is 0 Å². The molecule has 0 aliphatic carbocycles. The molecule has 0 aromatic rings. The van der Waals surface area contributed by atoms with E-state index in [-0.39, 0.29) is 22.5 Å². The van der Waals surface area contributed by atoms with E-state index in [1.54, 1.807) is 6.92 Å². The van der Waals surface area contributed by atoms with Gasteiger partial charge < -0.3 is 0 Å². The lowest BCUT2D eigenvalue weighted by Gasteiger charge is -2.03. The zero-order valence-corrected chi connectivity index (χ0v) is 8.10. The third-order valence-electron chi connectivity index (χ3n) is 1.28. The fourth-order valence-corrected chi connectivity index (χ4v) is 1.55. The second-order valence-corrected chi connectivity index (χ2v) is 3.95. The molecule has 0 aromatic carbocycles. The summed E-state index contributed by atoms with van der Waals surface area (Å²) in [5.41, 5.74) is 0. The molecule has 0 heterocycles. The summed E-state index contributed by atoms with van der Waals surface area (Å²) in [7, 11) is 0. The molecule has 12 heavy (non-hydrogen) atoms. The van der Waals surface area contributed by atoms with E-state index in [0.29, 0.717) is 6.42 Å². The molecule has 0 fully saturated rings. The molecule has 0 amide bonds. The lowest BCUT2D eigenvalue weighted by atomic mass is 10.1. The molecule has 0 rings (SSSR count). The second kappa shape index (κ2) is 5.99. The number of rotatable bonds is 5. The molecule has 5 heteroatoms. The quantitative estimate of drug-likeness (QED) is 0.489. The Kier molecular flexibility index (Phi) is 5.70. The van der Waals surface area contributed by atoms with Gasteiger partial charge in [0.05, 0.1) is 0 Å². The highest BCUT2D eigenvalue weighted by Gasteiger charge is 2.13. The van der Waals surface area contributed by atoms with Gasteiger partial charge in [0.2, 0.25) is 6.54 Å². The van der Waals surface area contributed by atoms with Gasteiger partial charge in [-0.2, -0.15) is 0 Å². The summed E-state index contributed by atoms with van der Waals surface area (Å²) in [5, 5.41) is 10.1. The Hall–Kier alpha value is -0.580. The number of thioether (sulfide) groups is 1. The van der Waals surface area contributed by atoms with E-state index in [4.69, 9.17) is 0 Å². The molecule has 1 unspecified atom stereocenters. The van der Waals surface area contributed by atoms with Gasteiger partial charge in [-0.25, -0.2) is 0 Å². The van der Waals surface area contributed by atoms with Crippen molar-refractivity contribution >= 4 is 16.9 Å². The van der Waals surface area contributed by atoms with Gasteiger partial charge in [-0.15, -0.1) is 0 Å². The van der Waals surface area contributed by atoms with Crippen molar-refractivity contribution in [3.05, 3.63) is 10.1 Å². The molecule has 0 radical (unpaired) electrons. The van der Waals surface area contributed by atoms with Gasteiger partial charge >= 0.3 is 0 Å². The molecule has 0 aromatic heterocycles. The van der Waals surface area contributed by atoms with Crippen LogP contribution in [0.5, 0.6) is 0 Å². The van der Waals surface area contributed by atoms with Crippen molar-refractivity contribution in [3.63, 3.8) is 0 Å². The van der Waals surface area contributed by atoms with Gasteiger partial charge in [-0.1, -0.05) is 25.6 Å². The average Bonchev–Trinajstić information content (AvgIpc) is 1.84. The minimum Gasteiger partial charge on any atom is -0.287 e. The summed E-state index contributed by atoms with van der Waals surface area (Å²) in [4.78, 5) is 20.6. The molecule has 0 aliphatic rings. The Morgan fingerprint density at radius 2 is 2.25 bits per heavy atom. The minimum absolute atomic E-state index is 0.0480. The van der Waals surface area contributed by atoms with Crippen molar-refractivity contribution in [1.82, 2.24) is 0 Å². The zero-order valence-electron chi connectivity index (χ0n) is 7.28. The van der Waals surface area contributed by atoms with Crippen LogP contribution in [0.1, 0.15) is 20.3 Å². The van der Waals surface area contributed by atoms with Crippen molar-refractivity contribution in [2.75, 3.05) is 12.3 Å². The highest BCUT2D eigenvalue weighted by atomic mass is 32.2. The Morgan fingerprint density at radius 3 is 2.67 bits per heavy atom. The molecule has 70 valence electrons. The fraction of sp³-hybridized carbons (Fsp3) is 0.857. The van der Waals surface area contributed by atoms with Crippen LogP contribution in [0.15, 0.2) is 0 Å². The average molecular weight is 191 g/mol. The van der Waals surface area contributed by atoms with Crippen LogP contribution >= 0.6 is 11.8 Å². The molecule has 0 bridgehead atoms. The molecular weight excluding hydrogens is 178 g/mol. The first-order chi connectivity index (χ1) is 5.56. The minimum atomic E-state index is -0.380. The molecule has 1 atom stereocenters. The predicted octanol–water partition coefficient (Wildman–Crippen LogP) is 1.57. The van der Waals surface area contributed by atoms with Gasteiger partial charge in [-0.05, 0) is 5.75 Å². The second-order valence-electron chi connectivity index (χ2n) is 2.63. The summed E-state index contributed by atoms with van der Waals surface area (Å²) >= 11 is 1.23. The number of nitrogens with zero attached hydrogens (tertiary/aromatic N) is 1. The largest absolute Gasteiger partial charge is 0.287 e. The van der Waals surface area contributed by atoms with E-state index in [1.807, 2.05) is 6.92 Å². The Labute approximate surface area is 75.9 Å². The number of carbonyl (C=O) groups excluding carboxylic acids is 1. The monoisotopic (exact) mass is 191 g/mol. The topological polar surface area (TPSA) is 60.2 Å². The van der Waals surface area contributed by atoms with E-state index in [9.17, 15) is 14.9 Å². The molecule has 0 N–H and O–H groups in total. The van der Waals surface area contributed by atoms with E-state index >= 15 is 0 Å². The van der Waals surface area contributed by atoms with Gasteiger partial charge in [0, 0.05) is 17.3 Å². The van der Waals surface area contributed by atoms with Crippen molar-refractivity contribution in [2.45, 2.75) is 20.3 Å². The number of nitro groups is 1. The van der Waals surface area contributed by atoms with Crippen molar-refractivity contribution in [2.24, 2.45) is 5.92 Å². The Morgan fingerprint density at radius 1 is 1.67 bits per heavy atom. The lowest BCUT2D eigenvalue weighted by molar-refractivity contribution is -0.487.